The fraction of sp³-hybridized carbons (Fsp3) is 0.733. The molecule has 0 nitrogen and oxygen atoms in total. The van der Waals surface area contributed by atoms with Crippen LogP contribution in [0.1, 0.15) is 120 Å². The van der Waals surface area contributed by atoms with Crippen LogP contribution in [-0.4, -0.2) is 0 Å². The van der Waals surface area contributed by atoms with Crippen molar-refractivity contribution < 1.29 is 0 Å². The van der Waals surface area contributed by atoms with Gasteiger partial charge in [-0.3, -0.25) is 0 Å². The van der Waals surface area contributed by atoms with Gasteiger partial charge in [0.2, 0.25) is 0 Å². The molecule has 0 aromatic heterocycles. The first-order valence-corrected chi connectivity index (χ1v) is 12.6. The predicted molar refractivity (Wildman–Crippen MR) is 134 cm³/mol. The van der Waals surface area contributed by atoms with Gasteiger partial charge in [0.05, 0.1) is 0 Å². The van der Waals surface area contributed by atoms with Gasteiger partial charge in [0.1, 0.15) is 0 Å². The topological polar surface area (TPSA) is 0 Å². The van der Waals surface area contributed by atoms with Crippen LogP contribution in [0.25, 0.3) is 0 Å². The molecule has 0 aromatic rings. The van der Waals surface area contributed by atoms with Gasteiger partial charge in [-0.25, -0.2) is 0 Å². The third kappa shape index (κ3) is 4.05. The fourth-order valence-corrected chi connectivity index (χ4v) is 7.11. The summed E-state index contributed by atoms with van der Waals surface area (Å²) in [6.07, 6.45) is 23.1. The molecule has 2 atom stereocenters. The van der Waals surface area contributed by atoms with Gasteiger partial charge in [-0.05, 0) is 114 Å². The highest BCUT2D eigenvalue weighted by atomic mass is 14.5. The van der Waals surface area contributed by atoms with E-state index in [1.807, 2.05) is 0 Å². The molecule has 0 aromatic carbocycles. The lowest BCUT2D eigenvalue weighted by atomic mass is 9.52. The zero-order valence-corrected chi connectivity index (χ0v) is 21.4. The van der Waals surface area contributed by atoms with Crippen LogP contribution in [0.15, 0.2) is 46.6 Å². The summed E-state index contributed by atoms with van der Waals surface area (Å²) < 4.78 is 0. The summed E-state index contributed by atoms with van der Waals surface area (Å²) in [5, 5.41) is 0. The van der Waals surface area contributed by atoms with Crippen molar-refractivity contribution in [2.24, 2.45) is 21.7 Å². The minimum Gasteiger partial charge on any atom is -0.0850 e. The van der Waals surface area contributed by atoms with Gasteiger partial charge in [-0.2, -0.15) is 0 Å². The maximum absolute atomic E-state index is 2.49. The van der Waals surface area contributed by atoms with Crippen LogP contribution < -0.4 is 0 Å². The van der Waals surface area contributed by atoms with E-state index in [0.717, 1.165) is 0 Å². The van der Waals surface area contributed by atoms with E-state index >= 15 is 0 Å². The summed E-state index contributed by atoms with van der Waals surface area (Å²) in [6.45, 7) is 19.2. The second kappa shape index (κ2) is 8.48. The maximum atomic E-state index is 2.49. The van der Waals surface area contributed by atoms with Gasteiger partial charge in [0.15, 0.2) is 0 Å². The summed E-state index contributed by atoms with van der Waals surface area (Å²) in [4.78, 5) is 0. The lowest BCUT2D eigenvalue weighted by Gasteiger charge is -2.52. The van der Waals surface area contributed by atoms with Crippen LogP contribution in [0.5, 0.6) is 0 Å². The summed E-state index contributed by atoms with van der Waals surface area (Å²) in [7, 11) is 0. The van der Waals surface area contributed by atoms with Crippen molar-refractivity contribution in [3.8, 4) is 0 Å². The van der Waals surface area contributed by atoms with Gasteiger partial charge in [-0.15, -0.1) is 0 Å². The Labute approximate surface area is 188 Å². The Morgan fingerprint density at radius 3 is 1.17 bits per heavy atom. The number of rotatable bonds is 0. The second-order valence-electron chi connectivity index (χ2n) is 12.3. The monoisotopic (exact) mass is 408 g/mol. The van der Waals surface area contributed by atoms with Crippen LogP contribution in [0, 0.1) is 21.7 Å². The van der Waals surface area contributed by atoms with Gasteiger partial charge in [-0.1, -0.05) is 74.3 Å². The van der Waals surface area contributed by atoms with Crippen LogP contribution in [0.3, 0.4) is 0 Å². The van der Waals surface area contributed by atoms with E-state index in [2.05, 4.69) is 79.7 Å². The zero-order valence-electron chi connectivity index (χ0n) is 21.4. The van der Waals surface area contributed by atoms with E-state index in [4.69, 9.17) is 0 Å². The van der Waals surface area contributed by atoms with Crippen LogP contribution >= 0.6 is 0 Å². The molecule has 0 fully saturated rings. The third-order valence-corrected chi connectivity index (χ3v) is 10.0. The van der Waals surface area contributed by atoms with Crippen molar-refractivity contribution in [2.75, 3.05) is 0 Å². The largest absolute Gasteiger partial charge is 0.0850 e. The average molecular weight is 409 g/mol. The second-order valence-corrected chi connectivity index (χ2v) is 12.3. The Balaban J connectivity index is 0.000000171. The van der Waals surface area contributed by atoms with E-state index < -0.39 is 0 Å². The lowest BCUT2D eigenvalue weighted by molar-refractivity contribution is 0.0749. The van der Waals surface area contributed by atoms with Crippen LogP contribution in [0.4, 0.5) is 0 Å². The highest BCUT2D eigenvalue weighted by molar-refractivity contribution is 5.27. The molecule has 0 saturated heterocycles. The third-order valence-electron chi connectivity index (χ3n) is 10.0. The number of hydrogen-bond donors (Lipinski definition) is 0. The Kier molecular flexibility index (Phi) is 6.67. The normalized spacial score (nSPS) is 34.9. The molecule has 2 spiro atoms. The molecule has 0 amide bonds. The fourth-order valence-electron chi connectivity index (χ4n) is 7.11. The van der Waals surface area contributed by atoms with E-state index in [-0.39, 0.29) is 0 Å². The quantitative estimate of drug-likeness (QED) is 0.350. The molecule has 2 unspecified atom stereocenters. The Hall–Kier alpha value is -1.04. The van der Waals surface area contributed by atoms with Gasteiger partial charge < -0.3 is 0 Å². The van der Waals surface area contributed by atoms with Gasteiger partial charge >= 0.3 is 0 Å². The van der Waals surface area contributed by atoms with E-state index in [9.17, 15) is 0 Å². The molecule has 168 valence electrons. The molecule has 4 aliphatic rings. The Morgan fingerprint density at radius 1 is 0.533 bits per heavy atom. The SMILES string of the molecule is CC1=CCC2(CC1)C(C)=CCCC2(C)C.CC1=CCC2(CC1)C(C)=CCCC2(C)C. The predicted octanol–water partition coefficient (Wildman–Crippen LogP) is 9.74. The highest BCUT2D eigenvalue weighted by Crippen LogP contribution is 2.59. The van der Waals surface area contributed by atoms with E-state index in [0.29, 0.717) is 21.7 Å². The highest BCUT2D eigenvalue weighted by Gasteiger charge is 2.48. The molecule has 0 bridgehead atoms. The zero-order chi connectivity index (χ0) is 22.2. The average Bonchev–Trinajstić information content (AvgIpc) is 2.67. The minimum atomic E-state index is 0.477. The first-order valence-electron chi connectivity index (χ1n) is 12.6. The molecule has 4 aliphatic carbocycles. The Bertz CT molecular complexity index is 700. The smallest absolute Gasteiger partial charge is 0.000209 e. The molecule has 0 N–H and O–H groups in total. The first-order chi connectivity index (χ1) is 14.0. The maximum Gasteiger partial charge on any atom is -0.000209 e. The summed E-state index contributed by atoms with van der Waals surface area (Å²) in [5.41, 5.74) is 8.43. The molecule has 0 heterocycles. The molecule has 0 saturated carbocycles. The summed E-state index contributed by atoms with van der Waals surface area (Å²) >= 11 is 0. The lowest BCUT2D eigenvalue weighted by Crippen LogP contribution is -2.42. The molecular weight excluding hydrogens is 360 g/mol. The molecule has 30 heavy (non-hydrogen) atoms. The van der Waals surface area contributed by atoms with Crippen molar-refractivity contribution in [2.45, 2.75) is 120 Å². The number of hydrogen-bond acceptors (Lipinski definition) is 0. The van der Waals surface area contributed by atoms with Crippen molar-refractivity contribution in [1.29, 1.82) is 0 Å². The minimum absolute atomic E-state index is 0.477. The molecular formula is C30H48. The van der Waals surface area contributed by atoms with E-state index in [1.54, 1.807) is 22.3 Å². The van der Waals surface area contributed by atoms with Crippen molar-refractivity contribution in [1.82, 2.24) is 0 Å². The van der Waals surface area contributed by atoms with Crippen LogP contribution in [-0.2, 0) is 0 Å². The van der Waals surface area contributed by atoms with E-state index in [1.165, 1.54) is 64.2 Å². The van der Waals surface area contributed by atoms with Crippen LogP contribution in [0.2, 0.25) is 0 Å². The summed E-state index contributed by atoms with van der Waals surface area (Å²) in [6, 6.07) is 0. The first kappa shape index (κ1) is 23.6. The molecule has 4 rings (SSSR count). The molecule has 0 radical (unpaired) electrons. The standard InChI is InChI=1S/2C15H24/c2*1-12-7-10-15(11-8-12)13(2)6-5-9-14(15,3)4/h2*6-7H,5,8-11H2,1-4H3. The Morgan fingerprint density at radius 2 is 0.900 bits per heavy atom. The summed E-state index contributed by atoms with van der Waals surface area (Å²) in [5.74, 6) is 0. The van der Waals surface area contributed by atoms with Crippen molar-refractivity contribution in [3.05, 3.63) is 46.6 Å². The number of allylic oxidation sites excluding steroid dienone is 8. The molecule has 0 heteroatoms. The van der Waals surface area contributed by atoms with Gasteiger partial charge in [0, 0.05) is 0 Å². The molecule has 0 aliphatic heterocycles. The van der Waals surface area contributed by atoms with Gasteiger partial charge in [0.25, 0.3) is 0 Å². The van der Waals surface area contributed by atoms with Crippen molar-refractivity contribution in [3.63, 3.8) is 0 Å². The van der Waals surface area contributed by atoms with Crippen molar-refractivity contribution >= 4 is 0 Å².